The SMILES string of the molecule is CCC(=O)Nc1ccc(S(=O)(=O)Nc2cccc(-c3ccc(N4CCCCCC4)nn3)c2)cc1. The molecule has 2 N–H and O–H groups in total. The average Bonchev–Trinajstić information content (AvgIpc) is 3.14. The minimum Gasteiger partial charge on any atom is -0.355 e. The summed E-state index contributed by atoms with van der Waals surface area (Å²) in [5.74, 6) is 0.745. The summed E-state index contributed by atoms with van der Waals surface area (Å²) in [6, 6.07) is 17.0. The van der Waals surface area contributed by atoms with Gasteiger partial charge in [-0.05, 0) is 61.4 Å². The number of amides is 1. The van der Waals surface area contributed by atoms with Crippen LogP contribution in [-0.2, 0) is 14.8 Å². The van der Waals surface area contributed by atoms with E-state index in [1.807, 2.05) is 18.2 Å². The summed E-state index contributed by atoms with van der Waals surface area (Å²) in [4.78, 5) is 13.9. The van der Waals surface area contributed by atoms with Crippen molar-refractivity contribution in [1.29, 1.82) is 0 Å². The molecule has 8 nitrogen and oxygen atoms in total. The van der Waals surface area contributed by atoms with Crippen LogP contribution in [0.3, 0.4) is 0 Å². The molecule has 1 aliphatic heterocycles. The number of carbonyl (C=O) groups excluding carboxylic acids is 1. The molecule has 0 atom stereocenters. The van der Waals surface area contributed by atoms with Crippen LogP contribution in [0, 0.1) is 0 Å². The van der Waals surface area contributed by atoms with E-state index in [1.54, 1.807) is 37.3 Å². The number of hydrogen-bond donors (Lipinski definition) is 2. The van der Waals surface area contributed by atoms with Crippen molar-refractivity contribution in [1.82, 2.24) is 10.2 Å². The molecule has 0 aliphatic carbocycles. The lowest BCUT2D eigenvalue weighted by molar-refractivity contribution is -0.115. The Kier molecular flexibility index (Phi) is 7.42. The number of benzene rings is 2. The minimum absolute atomic E-state index is 0.106. The molecular formula is C25H29N5O3S. The summed E-state index contributed by atoms with van der Waals surface area (Å²) < 4.78 is 28.3. The zero-order chi connectivity index (χ0) is 24.0. The molecule has 0 bridgehead atoms. The highest BCUT2D eigenvalue weighted by atomic mass is 32.2. The Hall–Kier alpha value is -3.46. The molecule has 9 heteroatoms. The monoisotopic (exact) mass is 479 g/mol. The maximum absolute atomic E-state index is 12.9. The summed E-state index contributed by atoms with van der Waals surface area (Å²) in [5.41, 5.74) is 2.43. The Bertz CT molecular complexity index is 1220. The molecule has 34 heavy (non-hydrogen) atoms. The number of nitrogens with one attached hydrogen (secondary N) is 2. The van der Waals surface area contributed by atoms with Gasteiger partial charge >= 0.3 is 0 Å². The fraction of sp³-hybridized carbons (Fsp3) is 0.320. The fourth-order valence-corrected chi connectivity index (χ4v) is 4.92. The molecular weight excluding hydrogens is 450 g/mol. The summed E-state index contributed by atoms with van der Waals surface area (Å²) in [7, 11) is -3.79. The lowest BCUT2D eigenvalue weighted by Crippen LogP contribution is -2.25. The second kappa shape index (κ2) is 10.6. The molecule has 178 valence electrons. The van der Waals surface area contributed by atoms with Crippen LogP contribution >= 0.6 is 0 Å². The van der Waals surface area contributed by atoms with Gasteiger partial charge in [-0.3, -0.25) is 9.52 Å². The Balaban J connectivity index is 1.47. The lowest BCUT2D eigenvalue weighted by atomic mass is 10.1. The Labute approximate surface area is 200 Å². The maximum atomic E-state index is 12.9. The van der Waals surface area contributed by atoms with Gasteiger partial charge in [-0.25, -0.2) is 8.42 Å². The van der Waals surface area contributed by atoms with Crippen molar-refractivity contribution in [3.63, 3.8) is 0 Å². The number of carbonyl (C=O) groups is 1. The van der Waals surface area contributed by atoms with E-state index in [2.05, 4.69) is 25.1 Å². The largest absolute Gasteiger partial charge is 0.355 e. The molecule has 3 aromatic rings. The highest BCUT2D eigenvalue weighted by Crippen LogP contribution is 2.25. The van der Waals surface area contributed by atoms with Gasteiger partial charge in [0.25, 0.3) is 10.0 Å². The van der Waals surface area contributed by atoms with Crippen molar-refractivity contribution in [3.05, 3.63) is 60.7 Å². The first kappa shape index (κ1) is 23.7. The van der Waals surface area contributed by atoms with E-state index in [1.165, 1.54) is 37.8 Å². The predicted molar refractivity (Wildman–Crippen MR) is 134 cm³/mol. The van der Waals surface area contributed by atoms with Gasteiger partial charge in [0.15, 0.2) is 5.82 Å². The van der Waals surface area contributed by atoms with E-state index < -0.39 is 10.0 Å². The zero-order valence-corrected chi connectivity index (χ0v) is 20.0. The summed E-state index contributed by atoms with van der Waals surface area (Å²) >= 11 is 0. The smallest absolute Gasteiger partial charge is 0.261 e. The van der Waals surface area contributed by atoms with Crippen molar-refractivity contribution in [2.24, 2.45) is 0 Å². The molecule has 0 unspecified atom stereocenters. The number of hydrogen-bond acceptors (Lipinski definition) is 6. The van der Waals surface area contributed by atoms with Gasteiger partial charge in [-0.15, -0.1) is 10.2 Å². The molecule has 1 aliphatic rings. The molecule has 2 heterocycles. The highest BCUT2D eigenvalue weighted by molar-refractivity contribution is 7.92. The number of sulfonamides is 1. The molecule has 1 amide bonds. The van der Waals surface area contributed by atoms with Gasteiger partial charge in [0.05, 0.1) is 10.6 Å². The summed E-state index contributed by atoms with van der Waals surface area (Å²) in [5, 5.41) is 11.5. The van der Waals surface area contributed by atoms with Gasteiger partial charge < -0.3 is 10.2 Å². The molecule has 1 fully saturated rings. The van der Waals surface area contributed by atoms with Crippen molar-refractivity contribution in [2.45, 2.75) is 43.9 Å². The molecule has 4 rings (SSSR count). The first-order valence-corrected chi connectivity index (χ1v) is 13.0. The van der Waals surface area contributed by atoms with Crippen LogP contribution in [-0.4, -0.2) is 37.6 Å². The van der Waals surface area contributed by atoms with E-state index >= 15 is 0 Å². The van der Waals surface area contributed by atoms with Gasteiger partial charge in [0, 0.05) is 36.4 Å². The van der Waals surface area contributed by atoms with Crippen molar-refractivity contribution >= 4 is 33.1 Å². The van der Waals surface area contributed by atoms with E-state index in [0.29, 0.717) is 23.5 Å². The lowest BCUT2D eigenvalue weighted by Gasteiger charge is -2.20. The second-order valence-electron chi connectivity index (χ2n) is 8.29. The van der Waals surface area contributed by atoms with Crippen molar-refractivity contribution in [2.75, 3.05) is 28.0 Å². The van der Waals surface area contributed by atoms with E-state index in [-0.39, 0.29) is 10.8 Å². The fourth-order valence-electron chi connectivity index (χ4n) is 3.87. The Morgan fingerprint density at radius 2 is 1.65 bits per heavy atom. The van der Waals surface area contributed by atoms with Crippen molar-refractivity contribution in [3.8, 4) is 11.3 Å². The normalized spacial score (nSPS) is 14.3. The highest BCUT2D eigenvalue weighted by Gasteiger charge is 2.16. The number of anilines is 3. The van der Waals surface area contributed by atoms with E-state index in [9.17, 15) is 13.2 Å². The number of aromatic nitrogens is 2. The molecule has 0 saturated carbocycles. The van der Waals surface area contributed by atoms with Crippen LogP contribution in [0.2, 0.25) is 0 Å². The standard InChI is InChI=1S/C25H29N5O3S/c1-2-25(31)26-20-10-12-22(13-11-20)34(32,33)29-21-9-7-8-19(18-21)23-14-15-24(28-27-23)30-16-5-3-4-6-17-30/h7-15,18,29H,2-6,16-17H2,1H3,(H,26,31). The molecule has 0 spiro atoms. The van der Waals surface area contributed by atoms with Gasteiger partial charge in [-0.2, -0.15) is 0 Å². The number of rotatable bonds is 7. The van der Waals surface area contributed by atoms with E-state index in [4.69, 9.17) is 0 Å². The minimum atomic E-state index is -3.79. The summed E-state index contributed by atoms with van der Waals surface area (Å²) in [6.45, 7) is 3.75. The zero-order valence-electron chi connectivity index (χ0n) is 19.2. The third kappa shape index (κ3) is 5.91. The number of nitrogens with zero attached hydrogens (tertiary/aromatic N) is 3. The predicted octanol–water partition coefficient (Wildman–Crippen LogP) is 4.67. The van der Waals surface area contributed by atoms with Crippen LogP contribution in [0.15, 0.2) is 65.6 Å². The van der Waals surface area contributed by atoms with Crippen LogP contribution < -0.4 is 14.9 Å². The van der Waals surface area contributed by atoms with Gasteiger partial charge in [-0.1, -0.05) is 31.9 Å². The average molecular weight is 480 g/mol. The molecule has 1 aromatic heterocycles. The first-order chi connectivity index (χ1) is 16.4. The van der Waals surface area contributed by atoms with Crippen LogP contribution in [0.1, 0.15) is 39.0 Å². The molecule has 0 radical (unpaired) electrons. The van der Waals surface area contributed by atoms with Gasteiger partial charge in [0.1, 0.15) is 0 Å². The summed E-state index contributed by atoms with van der Waals surface area (Å²) in [6.07, 6.45) is 5.20. The Morgan fingerprint density at radius 1 is 0.912 bits per heavy atom. The third-order valence-electron chi connectivity index (χ3n) is 5.76. The van der Waals surface area contributed by atoms with Crippen LogP contribution in [0.5, 0.6) is 0 Å². The topological polar surface area (TPSA) is 104 Å². The third-order valence-corrected chi connectivity index (χ3v) is 7.16. The van der Waals surface area contributed by atoms with Gasteiger partial charge in [0.2, 0.25) is 5.91 Å². The quantitative estimate of drug-likeness (QED) is 0.510. The Morgan fingerprint density at radius 3 is 2.29 bits per heavy atom. The van der Waals surface area contributed by atoms with Crippen LogP contribution in [0.25, 0.3) is 11.3 Å². The second-order valence-corrected chi connectivity index (χ2v) is 9.97. The van der Waals surface area contributed by atoms with E-state index in [0.717, 1.165) is 24.5 Å². The van der Waals surface area contributed by atoms with Crippen molar-refractivity contribution < 1.29 is 13.2 Å². The first-order valence-electron chi connectivity index (χ1n) is 11.6. The molecule has 2 aromatic carbocycles. The molecule has 1 saturated heterocycles. The van der Waals surface area contributed by atoms with Crippen LogP contribution in [0.4, 0.5) is 17.2 Å². The maximum Gasteiger partial charge on any atom is 0.261 e.